The lowest BCUT2D eigenvalue weighted by atomic mass is 10.0. The summed E-state index contributed by atoms with van der Waals surface area (Å²) >= 11 is 0. The maximum atomic E-state index is 5.06. The first-order valence-corrected chi connectivity index (χ1v) is 13.6. The van der Waals surface area contributed by atoms with Crippen molar-refractivity contribution in [1.29, 1.82) is 0 Å². The molecule has 0 aliphatic rings. The number of pyridine rings is 6. The van der Waals surface area contributed by atoms with Crippen LogP contribution in [0.4, 0.5) is 0 Å². The number of hydrogen-bond donors (Lipinski definition) is 0. The van der Waals surface area contributed by atoms with Crippen LogP contribution in [-0.2, 0) is 0 Å². The maximum Gasteiger partial charge on any atom is 0.0987 e. The maximum absolute atomic E-state index is 5.06. The predicted molar refractivity (Wildman–Crippen MR) is 166 cm³/mol. The number of benzene rings is 1. The first kappa shape index (κ1) is 25.1. The Balaban J connectivity index is 1.27. The topological polar surface area (TPSA) is 77.3 Å². The Kier molecular flexibility index (Phi) is 6.76. The number of aromatic nitrogens is 6. The molecule has 7 rings (SSSR count). The van der Waals surface area contributed by atoms with E-state index in [4.69, 9.17) is 9.97 Å². The third-order valence-corrected chi connectivity index (χ3v) is 6.96. The molecule has 6 heterocycles. The van der Waals surface area contributed by atoms with Gasteiger partial charge in [-0.15, -0.1) is 0 Å². The molecule has 0 saturated heterocycles. The van der Waals surface area contributed by atoms with Gasteiger partial charge in [0.1, 0.15) is 0 Å². The van der Waals surface area contributed by atoms with Crippen LogP contribution in [0.15, 0.2) is 146 Å². The molecule has 0 aliphatic carbocycles. The molecule has 0 amide bonds. The van der Waals surface area contributed by atoms with E-state index in [0.29, 0.717) is 0 Å². The van der Waals surface area contributed by atoms with E-state index in [1.807, 2.05) is 84.9 Å². The molecule has 6 heteroatoms. The lowest BCUT2D eigenvalue weighted by Gasteiger charge is -2.12. The average Bonchev–Trinajstić information content (AvgIpc) is 3.09. The molecule has 0 aliphatic heterocycles. The number of rotatable bonds is 6. The van der Waals surface area contributed by atoms with E-state index < -0.39 is 0 Å². The summed E-state index contributed by atoms with van der Waals surface area (Å²) in [5, 5.41) is 0. The average molecular weight is 541 g/mol. The van der Waals surface area contributed by atoms with Gasteiger partial charge in [-0.2, -0.15) is 0 Å². The highest BCUT2D eigenvalue weighted by Crippen LogP contribution is 2.34. The van der Waals surface area contributed by atoms with Crippen LogP contribution in [0.3, 0.4) is 0 Å². The van der Waals surface area contributed by atoms with Crippen LogP contribution < -0.4 is 0 Å². The van der Waals surface area contributed by atoms with Gasteiger partial charge < -0.3 is 0 Å². The Morgan fingerprint density at radius 3 is 0.976 bits per heavy atom. The van der Waals surface area contributed by atoms with Crippen molar-refractivity contribution in [3.05, 3.63) is 146 Å². The highest BCUT2D eigenvalue weighted by atomic mass is 14.8. The van der Waals surface area contributed by atoms with Crippen LogP contribution in [0.25, 0.3) is 67.8 Å². The van der Waals surface area contributed by atoms with Gasteiger partial charge in [0.05, 0.1) is 45.6 Å². The summed E-state index contributed by atoms with van der Waals surface area (Å²) in [6.07, 6.45) is 7.15. The van der Waals surface area contributed by atoms with Gasteiger partial charge in [-0.05, 0) is 72.8 Å². The first-order chi connectivity index (χ1) is 20.8. The van der Waals surface area contributed by atoms with Gasteiger partial charge in [0.25, 0.3) is 0 Å². The molecule has 6 nitrogen and oxygen atoms in total. The van der Waals surface area contributed by atoms with E-state index in [1.165, 1.54) is 0 Å². The zero-order chi connectivity index (χ0) is 28.1. The summed E-state index contributed by atoms with van der Waals surface area (Å²) in [7, 11) is 0. The molecular formula is C36H24N6. The molecule has 0 unspecified atom stereocenters. The second kappa shape index (κ2) is 11.3. The summed E-state index contributed by atoms with van der Waals surface area (Å²) in [4.78, 5) is 28.4. The van der Waals surface area contributed by atoms with Gasteiger partial charge >= 0.3 is 0 Å². The molecule has 42 heavy (non-hydrogen) atoms. The minimum atomic E-state index is 0.794. The van der Waals surface area contributed by atoms with E-state index in [2.05, 4.69) is 56.3 Å². The van der Waals surface area contributed by atoms with Gasteiger partial charge in [-0.3, -0.25) is 19.9 Å². The quantitative estimate of drug-likeness (QED) is 0.212. The van der Waals surface area contributed by atoms with E-state index in [0.717, 1.165) is 67.8 Å². The molecule has 0 radical (unpaired) electrons. The monoisotopic (exact) mass is 540 g/mol. The molecule has 198 valence electrons. The standard InChI is InChI=1S/C36H24N6/c1-5-21-37-31(9-1)27-17-19-29(41-35(27)33-11-3-7-23-39-33)25-13-15-26(16-14-25)30-20-18-28(32-10-2-6-22-38-32)36(42-30)34-12-4-8-24-40-34/h1-24H. The van der Waals surface area contributed by atoms with Crippen molar-refractivity contribution >= 4 is 0 Å². The Morgan fingerprint density at radius 1 is 0.286 bits per heavy atom. The molecule has 0 fully saturated rings. The third kappa shape index (κ3) is 5.05. The zero-order valence-corrected chi connectivity index (χ0v) is 22.5. The smallest absolute Gasteiger partial charge is 0.0987 e. The Bertz CT molecular complexity index is 1800. The van der Waals surface area contributed by atoms with Crippen molar-refractivity contribution in [1.82, 2.24) is 29.9 Å². The lowest BCUT2D eigenvalue weighted by molar-refractivity contribution is 1.23. The van der Waals surface area contributed by atoms with Crippen LogP contribution in [-0.4, -0.2) is 29.9 Å². The van der Waals surface area contributed by atoms with Crippen molar-refractivity contribution in [2.24, 2.45) is 0 Å². The minimum Gasteiger partial charge on any atom is -0.256 e. The highest BCUT2D eigenvalue weighted by molar-refractivity contribution is 5.82. The zero-order valence-electron chi connectivity index (χ0n) is 22.5. The summed E-state index contributed by atoms with van der Waals surface area (Å²) in [5.74, 6) is 0. The molecule has 6 aromatic heterocycles. The van der Waals surface area contributed by atoms with Crippen LogP contribution in [0.2, 0.25) is 0 Å². The third-order valence-electron chi connectivity index (χ3n) is 6.96. The Morgan fingerprint density at radius 2 is 0.643 bits per heavy atom. The van der Waals surface area contributed by atoms with Crippen LogP contribution in [0.5, 0.6) is 0 Å². The van der Waals surface area contributed by atoms with Gasteiger partial charge in [-0.25, -0.2) is 9.97 Å². The van der Waals surface area contributed by atoms with Crippen LogP contribution in [0, 0.1) is 0 Å². The predicted octanol–water partition coefficient (Wildman–Crippen LogP) is 8.06. The normalized spacial score (nSPS) is 10.9. The molecule has 0 N–H and O–H groups in total. The lowest BCUT2D eigenvalue weighted by Crippen LogP contribution is -1.96. The molecule has 7 aromatic rings. The molecule has 0 saturated carbocycles. The molecule has 1 aromatic carbocycles. The molecule has 0 atom stereocenters. The second-order valence-electron chi connectivity index (χ2n) is 9.62. The van der Waals surface area contributed by atoms with Gasteiger partial charge in [0, 0.05) is 47.0 Å². The summed E-state index contributed by atoms with van der Waals surface area (Å²) < 4.78 is 0. The fourth-order valence-electron chi connectivity index (χ4n) is 4.91. The van der Waals surface area contributed by atoms with Crippen LogP contribution in [0.1, 0.15) is 0 Å². The van der Waals surface area contributed by atoms with E-state index in [-0.39, 0.29) is 0 Å². The molecular weight excluding hydrogens is 516 g/mol. The largest absolute Gasteiger partial charge is 0.256 e. The van der Waals surface area contributed by atoms with Crippen LogP contribution >= 0.6 is 0 Å². The molecule has 0 spiro atoms. The number of hydrogen-bond acceptors (Lipinski definition) is 6. The summed E-state index contributed by atoms with van der Waals surface area (Å²) in [6.45, 7) is 0. The van der Waals surface area contributed by atoms with Gasteiger partial charge in [0.15, 0.2) is 0 Å². The van der Waals surface area contributed by atoms with Crippen molar-refractivity contribution in [2.75, 3.05) is 0 Å². The van der Waals surface area contributed by atoms with Crippen molar-refractivity contribution in [3.8, 4) is 67.8 Å². The van der Waals surface area contributed by atoms with E-state index >= 15 is 0 Å². The van der Waals surface area contributed by atoms with E-state index in [1.54, 1.807) is 24.8 Å². The number of nitrogens with zero attached hydrogens (tertiary/aromatic N) is 6. The fraction of sp³-hybridized carbons (Fsp3) is 0. The van der Waals surface area contributed by atoms with Crippen molar-refractivity contribution in [2.45, 2.75) is 0 Å². The van der Waals surface area contributed by atoms with E-state index in [9.17, 15) is 0 Å². The SMILES string of the molecule is c1ccc(-c2ccc(-c3ccc(-c4ccc(-c5ccccn5)c(-c5ccccn5)n4)cc3)nc2-c2ccccn2)nc1. The second-order valence-corrected chi connectivity index (χ2v) is 9.62. The highest BCUT2D eigenvalue weighted by Gasteiger charge is 2.15. The summed E-state index contributed by atoms with van der Waals surface area (Å²) in [5.41, 5.74) is 10.5. The Labute approximate surface area is 243 Å². The van der Waals surface area contributed by atoms with Gasteiger partial charge in [-0.1, -0.05) is 48.5 Å². The van der Waals surface area contributed by atoms with Gasteiger partial charge in [0.2, 0.25) is 0 Å². The fourth-order valence-corrected chi connectivity index (χ4v) is 4.91. The molecule has 0 bridgehead atoms. The Hall–Kier alpha value is -5.88. The van der Waals surface area contributed by atoms with Crippen molar-refractivity contribution < 1.29 is 0 Å². The summed E-state index contributed by atoms with van der Waals surface area (Å²) in [6, 6.07) is 40.0. The first-order valence-electron chi connectivity index (χ1n) is 13.6. The van der Waals surface area contributed by atoms with Crippen molar-refractivity contribution in [3.63, 3.8) is 0 Å². The minimum absolute atomic E-state index is 0.794.